The molecule has 0 spiro atoms. The molecule has 0 aliphatic carbocycles. The Morgan fingerprint density at radius 3 is 2.42 bits per heavy atom. The molecule has 1 N–H and O–H groups in total. The van der Waals surface area contributed by atoms with Crippen LogP contribution >= 0.6 is 0 Å². The molecule has 0 aromatic heterocycles. The van der Waals surface area contributed by atoms with E-state index in [0.717, 1.165) is 24.6 Å². The molecule has 2 atom stereocenters. The van der Waals surface area contributed by atoms with Gasteiger partial charge in [0.2, 0.25) is 0 Å². The lowest BCUT2D eigenvalue weighted by Crippen LogP contribution is -2.34. The Hall–Kier alpha value is -1.03. The van der Waals surface area contributed by atoms with Crippen LogP contribution in [0.25, 0.3) is 0 Å². The summed E-state index contributed by atoms with van der Waals surface area (Å²) in [5, 5.41) is 3.34. The first-order chi connectivity index (χ1) is 8.88. The van der Waals surface area contributed by atoms with Gasteiger partial charge < -0.3 is 5.32 Å². The standard InChI is InChI=1S/C15H22F3N/c1-4-13(11(3)19-5-2)9-12-7-6-8-14(10-12)15(16,17)18/h6-8,10-11,13,19H,4-5,9H2,1-3H3. The van der Waals surface area contributed by atoms with Gasteiger partial charge in [0, 0.05) is 6.04 Å². The van der Waals surface area contributed by atoms with Gasteiger partial charge in [0.05, 0.1) is 5.56 Å². The highest BCUT2D eigenvalue weighted by atomic mass is 19.4. The number of hydrogen-bond donors (Lipinski definition) is 1. The van der Waals surface area contributed by atoms with Gasteiger partial charge in [-0.25, -0.2) is 0 Å². The topological polar surface area (TPSA) is 12.0 Å². The van der Waals surface area contributed by atoms with Crippen LogP contribution < -0.4 is 5.32 Å². The minimum Gasteiger partial charge on any atom is -0.314 e. The highest BCUT2D eigenvalue weighted by Gasteiger charge is 2.30. The van der Waals surface area contributed by atoms with Crippen LogP contribution in [-0.2, 0) is 12.6 Å². The smallest absolute Gasteiger partial charge is 0.314 e. The highest BCUT2D eigenvalue weighted by Crippen LogP contribution is 2.30. The first kappa shape index (κ1) is 16.0. The lowest BCUT2D eigenvalue weighted by molar-refractivity contribution is -0.137. The predicted molar refractivity (Wildman–Crippen MR) is 72.1 cm³/mol. The minimum absolute atomic E-state index is 0.310. The quantitative estimate of drug-likeness (QED) is 0.816. The molecular formula is C15H22F3N. The van der Waals surface area contributed by atoms with E-state index in [-0.39, 0.29) is 0 Å². The molecule has 108 valence electrons. The highest BCUT2D eigenvalue weighted by molar-refractivity contribution is 5.26. The fraction of sp³-hybridized carbons (Fsp3) is 0.600. The molecule has 0 aliphatic rings. The second kappa shape index (κ2) is 6.94. The van der Waals surface area contributed by atoms with E-state index in [9.17, 15) is 13.2 Å². The molecular weight excluding hydrogens is 251 g/mol. The van der Waals surface area contributed by atoms with Gasteiger partial charge in [-0.05, 0) is 37.4 Å². The summed E-state index contributed by atoms with van der Waals surface area (Å²) in [6.07, 6.45) is -2.63. The normalized spacial score (nSPS) is 15.3. The Morgan fingerprint density at radius 1 is 1.21 bits per heavy atom. The van der Waals surface area contributed by atoms with Crippen molar-refractivity contribution in [1.82, 2.24) is 5.32 Å². The second-order valence-electron chi connectivity index (χ2n) is 4.92. The van der Waals surface area contributed by atoms with E-state index in [4.69, 9.17) is 0 Å². The van der Waals surface area contributed by atoms with Gasteiger partial charge in [-0.1, -0.05) is 38.5 Å². The van der Waals surface area contributed by atoms with E-state index in [2.05, 4.69) is 19.2 Å². The zero-order valence-electron chi connectivity index (χ0n) is 11.7. The lowest BCUT2D eigenvalue weighted by atomic mass is 9.90. The van der Waals surface area contributed by atoms with Crippen molar-refractivity contribution in [2.45, 2.75) is 45.8 Å². The molecule has 1 aromatic carbocycles. The first-order valence-electron chi connectivity index (χ1n) is 6.78. The van der Waals surface area contributed by atoms with Crippen LogP contribution in [0.2, 0.25) is 0 Å². The fourth-order valence-corrected chi connectivity index (χ4v) is 2.34. The molecule has 0 heterocycles. The number of alkyl halides is 3. The zero-order valence-corrected chi connectivity index (χ0v) is 11.7. The molecule has 0 fully saturated rings. The predicted octanol–water partition coefficient (Wildman–Crippen LogP) is 4.27. The summed E-state index contributed by atoms with van der Waals surface area (Å²) in [6.45, 7) is 7.07. The largest absolute Gasteiger partial charge is 0.416 e. The fourth-order valence-electron chi connectivity index (χ4n) is 2.34. The van der Waals surface area contributed by atoms with Crippen LogP contribution in [0.5, 0.6) is 0 Å². The van der Waals surface area contributed by atoms with Crippen molar-refractivity contribution in [3.8, 4) is 0 Å². The molecule has 0 radical (unpaired) electrons. The molecule has 0 bridgehead atoms. The van der Waals surface area contributed by atoms with Crippen LogP contribution in [-0.4, -0.2) is 12.6 Å². The number of benzene rings is 1. The number of hydrogen-bond acceptors (Lipinski definition) is 1. The van der Waals surface area contributed by atoms with Crippen molar-refractivity contribution in [3.63, 3.8) is 0 Å². The summed E-state index contributed by atoms with van der Waals surface area (Å²) in [5.41, 5.74) is 0.197. The van der Waals surface area contributed by atoms with Crippen molar-refractivity contribution >= 4 is 0 Å². The summed E-state index contributed by atoms with van der Waals surface area (Å²) >= 11 is 0. The van der Waals surface area contributed by atoms with Crippen LogP contribution in [0.3, 0.4) is 0 Å². The minimum atomic E-state index is -4.26. The average Bonchev–Trinajstić information content (AvgIpc) is 2.35. The maximum Gasteiger partial charge on any atom is 0.416 e. The molecule has 19 heavy (non-hydrogen) atoms. The van der Waals surface area contributed by atoms with E-state index in [1.807, 2.05) is 6.92 Å². The first-order valence-corrected chi connectivity index (χ1v) is 6.78. The molecule has 0 saturated carbocycles. The van der Waals surface area contributed by atoms with Crippen molar-refractivity contribution in [3.05, 3.63) is 35.4 Å². The Labute approximate surface area is 113 Å². The zero-order chi connectivity index (χ0) is 14.5. The molecule has 0 amide bonds. The monoisotopic (exact) mass is 273 g/mol. The van der Waals surface area contributed by atoms with E-state index in [1.54, 1.807) is 6.07 Å². The summed E-state index contributed by atoms with van der Waals surface area (Å²) < 4.78 is 38.0. The van der Waals surface area contributed by atoms with E-state index < -0.39 is 11.7 Å². The van der Waals surface area contributed by atoms with Crippen molar-refractivity contribution in [2.75, 3.05) is 6.54 Å². The summed E-state index contributed by atoms with van der Waals surface area (Å²) in [6, 6.07) is 5.96. The third kappa shape index (κ3) is 4.86. The maximum atomic E-state index is 12.7. The average molecular weight is 273 g/mol. The molecule has 0 aliphatic heterocycles. The van der Waals surface area contributed by atoms with Crippen LogP contribution in [0.1, 0.15) is 38.3 Å². The number of rotatable bonds is 6. The van der Waals surface area contributed by atoms with Gasteiger partial charge in [0.15, 0.2) is 0 Å². The summed E-state index contributed by atoms with van der Waals surface area (Å²) in [7, 11) is 0. The van der Waals surface area contributed by atoms with E-state index >= 15 is 0 Å². The van der Waals surface area contributed by atoms with Gasteiger partial charge >= 0.3 is 6.18 Å². The van der Waals surface area contributed by atoms with E-state index in [0.29, 0.717) is 18.4 Å². The summed E-state index contributed by atoms with van der Waals surface area (Å²) in [4.78, 5) is 0. The van der Waals surface area contributed by atoms with Crippen molar-refractivity contribution in [2.24, 2.45) is 5.92 Å². The molecule has 1 aromatic rings. The maximum absolute atomic E-state index is 12.7. The molecule has 4 heteroatoms. The molecule has 2 unspecified atom stereocenters. The van der Waals surface area contributed by atoms with Crippen LogP contribution in [0, 0.1) is 5.92 Å². The third-order valence-corrected chi connectivity index (χ3v) is 3.51. The van der Waals surface area contributed by atoms with Crippen molar-refractivity contribution in [1.29, 1.82) is 0 Å². The second-order valence-corrected chi connectivity index (χ2v) is 4.92. The lowest BCUT2D eigenvalue weighted by Gasteiger charge is -2.23. The van der Waals surface area contributed by atoms with Gasteiger partial charge in [0.1, 0.15) is 0 Å². The Morgan fingerprint density at radius 2 is 1.89 bits per heavy atom. The molecule has 1 nitrogen and oxygen atoms in total. The number of nitrogens with one attached hydrogen (secondary N) is 1. The summed E-state index contributed by atoms with van der Waals surface area (Å²) in [5.74, 6) is 0.350. The van der Waals surface area contributed by atoms with Crippen molar-refractivity contribution < 1.29 is 13.2 Å². The van der Waals surface area contributed by atoms with Gasteiger partial charge in [-0.2, -0.15) is 13.2 Å². The number of halogens is 3. The van der Waals surface area contributed by atoms with Crippen LogP contribution in [0.15, 0.2) is 24.3 Å². The Balaban J connectivity index is 2.80. The molecule has 1 rings (SSSR count). The van der Waals surface area contributed by atoms with Gasteiger partial charge in [0.25, 0.3) is 0 Å². The SMILES string of the molecule is CCNC(C)C(CC)Cc1cccc(C(F)(F)F)c1. The van der Waals surface area contributed by atoms with E-state index in [1.165, 1.54) is 12.1 Å². The van der Waals surface area contributed by atoms with Gasteiger partial charge in [-0.15, -0.1) is 0 Å². The third-order valence-electron chi connectivity index (χ3n) is 3.51. The Bertz CT molecular complexity index is 387. The Kier molecular flexibility index (Phi) is 5.85. The van der Waals surface area contributed by atoms with Gasteiger partial charge in [-0.3, -0.25) is 0 Å². The molecule has 0 saturated heterocycles. The van der Waals surface area contributed by atoms with Crippen LogP contribution in [0.4, 0.5) is 13.2 Å².